The second-order valence-electron chi connectivity index (χ2n) is 4.77. The molecule has 19 heavy (non-hydrogen) atoms. The third kappa shape index (κ3) is 4.07. The molecule has 0 spiro atoms. The van der Waals surface area contributed by atoms with Crippen LogP contribution in [0, 0.1) is 6.92 Å². The molecular formula is C16H20ClNS. The molecule has 1 aromatic carbocycles. The van der Waals surface area contributed by atoms with Crippen molar-refractivity contribution >= 4 is 22.9 Å². The van der Waals surface area contributed by atoms with Gasteiger partial charge in [0.1, 0.15) is 0 Å². The lowest BCUT2D eigenvalue weighted by atomic mass is 9.91. The van der Waals surface area contributed by atoms with Crippen LogP contribution in [0.3, 0.4) is 0 Å². The molecule has 2 rings (SSSR count). The molecule has 0 saturated heterocycles. The number of hydrogen-bond acceptors (Lipinski definition) is 2. The van der Waals surface area contributed by atoms with Crippen LogP contribution in [0.2, 0.25) is 4.34 Å². The number of hydrogen-bond donors (Lipinski definition) is 1. The summed E-state index contributed by atoms with van der Waals surface area (Å²) in [6.45, 7) is 6.36. The average molecular weight is 294 g/mol. The summed E-state index contributed by atoms with van der Waals surface area (Å²) in [7, 11) is 0. The van der Waals surface area contributed by atoms with Crippen molar-refractivity contribution in [3.8, 4) is 0 Å². The topological polar surface area (TPSA) is 12.0 Å². The van der Waals surface area contributed by atoms with E-state index in [0.29, 0.717) is 5.92 Å². The summed E-state index contributed by atoms with van der Waals surface area (Å²) in [4.78, 5) is 1.36. The molecule has 0 aliphatic carbocycles. The molecule has 0 bridgehead atoms. The lowest BCUT2D eigenvalue weighted by Gasteiger charge is -2.19. The van der Waals surface area contributed by atoms with Gasteiger partial charge in [0.2, 0.25) is 0 Å². The van der Waals surface area contributed by atoms with Gasteiger partial charge in [-0.1, -0.05) is 42.8 Å². The molecule has 0 amide bonds. The first-order valence-electron chi connectivity index (χ1n) is 6.71. The molecule has 1 aromatic heterocycles. The van der Waals surface area contributed by atoms with Crippen LogP contribution in [0.5, 0.6) is 0 Å². The molecule has 0 radical (unpaired) electrons. The predicted octanol–water partition coefficient (Wildman–Crippen LogP) is 4.65. The summed E-state index contributed by atoms with van der Waals surface area (Å²) in [5.41, 5.74) is 2.81. The fraction of sp³-hybridized carbons (Fsp3) is 0.375. The highest BCUT2D eigenvalue weighted by Gasteiger charge is 2.15. The maximum atomic E-state index is 6.03. The van der Waals surface area contributed by atoms with Gasteiger partial charge in [0.25, 0.3) is 0 Å². The zero-order valence-electron chi connectivity index (χ0n) is 11.4. The SMILES string of the molecule is CCNCC(Cc1ccc(Cl)s1)c1ccccc1C. The summed E-state index contributed by atoms with van der Waals surface area (Å²) in [5, 5.41) is 3.47. The Balaban J connectivity index is 2.18. The van der Waals surface area contributed by atoms with Crippen molar-refractivity contribution in [2.45, 2.75) is 26.2 Å². The van der Waals surface area contributed by atoms with Gasteiger partial charge in [-0.25, -0.2) is 0 Å². The molecule has 3 heteroatoms. The van der Waals surface area contributed by atoms with Gasteiger partial charge in [-0.2, -0.15) is 0 Å². The Kier molecular flexibility index (Phi) is 5.44. The molecule has 1 nitrogen and oxygen atoms in total. The number of likely N-dealkylation sites (N-methyl/N-ethyl adjacent to an activating group) is 1. The average Bonchev–Trinajstić information content (AvgIpc) is 2.81. The van der Waals surface area contributed by atoms with Crippen LogP contribution in [0.25, 0.3) is 0 Å². The number of halogens is 1. The number of aryl methyl sites for hydroxylation is 1. The fourth-order valence-corrected chi connectivity index (χ4v) is 3.53. The third-order valence-electron chi connectivity index (χ3n) is 3.35. The second-order valence-corrected chi connectivity index (χ2v) is 6.57. The summed E-state index contributed by atoms with van der Waals surface area (Å²) < 4.78 is 0.877. The molecule has 0 saturated carbocycles. The van der Waals surface area contributed by atoms with Crippen LogP contribution >= 0.6 is 22.9 Å². The monoisotopic (exact) mass is 293 g/mol. The first kappa shape index (κ1) is 14.6. The van der Waals surface area contributed by atoms with Gasteiger partial charge in [-0.05, 0) is 43.1 Å². The quantitative estimate of drug-likeness (QED) is 0.818. The Bertz CT molecular complexity index is 521. The van der Waals surface area contributed by atoms with Crippen LogP contribution < -0.4 is 5.32 Å². The first-order chi connectivity index (χ1) is 9.20. The largest absolute Gasteiger partial charge is 0.316 e. The van der Waals surface area contributed by atoms with E-state index in [-0.39, 0.29) is 0 Å². The molecule has 1 N–H and O–H groups in total. The van der Waals surface area contributed by atoms with Gasteiger partial charge in [-0.3, -0.25) is 0 Å². The Labute approximate surface area is 124 Å². The van der Waals surface area contributed by atoms with E-state index >= 15 is 0 Å². The summed E-state index contributed by atoms with van der Waals surface area (Å²) >= 11 is 7.72. The van der Waals surface area contributed by atoms with Crippen molar-refractivity contribution in [2.75, 3.05) is 13.1 Å². The molecular weight excluding hydrogens is 274 g/mol. The Morgan fingerprint density at radius 1 is 1.21 bits per heavy atom. The molecule has 0 aliphatic heterocycles. The van der Waals surface area contributed by atoms with Gasteiger partial charge >= 0.3 is 0 Å². The maximum absolute atomic E-state index is 6.03. The zero-order valence-corrected chi connectivity index (χ0v) is 13.0. The highest BCUT2D eigenvalue weighted by molar-refractivity contribution is 7.16. The van der Waals surface area contributed by atoms with E-state index in [0.717, 1.165) is 23.8 Å². The molecule has 102 valence electrons. The maximum Gasteiger partial charge on any atom is 0.0931 e. The van der Waals surface area contributed by atoms with E-state index in [1.165, 1.54) is 16.0 Å². The lowest BCUT2D eigenvalue weighted by molar-refractivity contribution is 0.596. The van der Waals surface area contributed by atoms with Gasteiger partial charge < -0.3 is 5.32 Å². The Morgan fingerprint density at radius 3 is 2.63 bits per heavy atom. The van der Waals surface area contributed by atoms with E-state index in [1.54, 1.807) is 11.3 Å². The smallest absolute Gasteiger partial charge is 0.0931 e. The predicted molar refractivity (Wildman–Crippen MR) is 85.5 cm³/mol. The lowest BCUT2D eigenvalue weighted by Crippen LogP contribution is -2.23. The number of thiophene rings is 1. The zero-order chi connectivity index (χ0) is 13.7. The van der Waals surface area contributed by atoms with E-state index in [9.17, 15) is 0 Å². The van der Waals surface area contributed by atoms with Gasteiger partial charge in [0.05, 0.1) is 4.34 Å². The van der Waals surface area contributed by atoms with E-state index in [1.807, 2.05) is 6.07 Å². The normalized spacial score (nSPS) is 12.6. The van der Waals surface area contributed by atoms with Crippen molar-refractivity contribution in [1.82, 2.24) is 5.32 Å². The van der Waals surface area contributed by atoms with Crippen LogP contribution in [0.1, 0.15) is 28.8 Å². The van der Waals surface area contributed by atoms with Gasteiger partial charge in [0, 0.05) is 17.3 Å². The van der Waals surface area contributed by atoms with Crippen molar-refractivity contribution in [1.29, 1.82) is 0 Å². The molecule has 2 aromatic rings. The van der Waals surface area contributed by atoms with Crippen molar-refractivity contribution in [2.24, 2.45) is 0 Å². The van der Waals surface area contributed by atoms with E-state index in [2.05, 4.69) is 49.5 Å². The molecule has 0 aliphatic rings. The minimum atomic E-state index is 0.510. The molecule has 1 heterocycles. The van der Waals surface area contributed by atoms with Crippen LogP contribution in [0.15, 0.2) is 36.4 Å². The van der Waals surface area contributed by atoms with Gasteiger partial charge in [-0.15, -0.1) is 11.3 Å². The highest BCUT2D eigenvalue weighted by Crippen LogP contribution is 2.28. The fourth-order valence-electron chi connectivity index (χ4n) is 2.36. The number of rotatable bonds is 6. The van der Waals surface area contributed by atoms with Crippen LogP contribution in [0.4, 0.5) is 0 Å². The number of nitrogens with one attached hydrogen (secondary N) is 1. The van der Waals surface area contributed by atoms with Gasteiger partial charge in [0.15, 0.2) is 0 Å². The van der Waals surface area contributed by atoms with Crippen molar-refractivity contribution in [3.05, 3.63) is 56.7 Å². The van der Waals surface area contributed by atoms with Crippen molar-refractivity contribution < 1.29 is 0 Å². The minimum absolute atomic E-state index is 0.510. The second kappa shape index (κ2) is 7.09. The molecule has 1 unspecified atom stereocenters. The Morgan fingerprint density at radius 2 is 2.00 bits per heavy atom. The van der Waals surface area contributed by atoms with Crippen LogP contribution in [-0.4, -0.2) is 13.1 Å². The Hall–Kier alpha value is -0.830. The minimum Gasteiger partial charge on any atom is -0.316 e. The molecule has 1 atom stereocenters. The highest BCUT2D eigenvalue weighted by atomic mass is 35.5. The number of benzene rings is 1. The molecule has 0 fully saturated rings. The summed E-state index contributed by atoms with van der Waals surface area (Å²) in [6, 6.07) is 12.8. The third-order valence-corrected chi connectivity index (χ3v) is 4.60. The van der Waals surface area contributed by atoms with Crippen LogP contribution in [-0.2, 0) is 6.42 Å². The summed E-state index contributed by atoms with van der Waals surface area (Å²) in [5.74, 6) is 0.510. The van der Waals surface area contributed by atoms with Crippen molar-refractivity contribution in [3.63, 3.8) is 0 Å². The van der Waals surface area contributed by atoms with E-state index in [4.69, 9.17) is 11.6 Å². The standard InChI is InChI=1S/C16H20ClNS/c1-3-18-11-13(10-14-8-9-16(17)19-14)15-7-5-4-6-12(15)2/h4-9,13,18H,3,10-11H2,1-2H3. The summed E-state index contributed by atoms with van der Waals surface area (Å²) in [6.07, 6.45) is 1.05. The van der Waals surface area contributed by atoms with E-state index < -0.39 is 0 Å². The first-order valence-corrected chi connectivity index (χ1v) is 7.90.